The first-order valence-corrected chi connectivity index (χ1v) is 42.4. The Balaban J connectivity index is 0.859. The van der Waals surface area contributed by atoms with Crippen molar-refractivity contribution in [2.24, 2.45) is 0 Å². The van der Waals surface area contributed by atoms with Crippen LogP contribution >= 0.6 is 0 Å². The Morgan fingerprint density at radius 2 is 0.325 bits per heavy atom. The molecule has 0 spiro atoms. The molecule has 21 rings (SSSR count). The van der Waals surface area contributed by atoms with Crippen LogP contribution in [-0.4, -0.2) is 0 Å². The van der Waals surface area contributed by atoms with Crippen molar-refractivity contribution in [2.75, 3.05) is 19.6 Å². The van der Waals surface area contributed by atoms with Crippen molar-refractivity contribution in [3.63, 3.8) is 0 Å². The second kappa shape index (κ2) is 32.4. The molecule has 0 atom stereocenters. The van der Waals surface area contributed by atoms with Gasteiger partial charge in [0.15, 0.2) is 0 Å². The number of hydrogen-bond donors (Lipinski definition) is 0. The highest BCUT2D eigenvalue weighted by atomic mass is 15.2. The Morgan fingerprint density at radius 1 is 0.138 bits per heavy atom. The number of anilines is 12. The third kappa shape index (κ3) is 14.5. The van der Waals surface area contributed by atoms with Crippen molar-refractivity contribution in [1.29, 1.82) is 0 Å². The molecule has 582 valence electrons. The summed E-state index contributed by atoms with van der Waals surface area (Å²) < 4.78 is 0. The third-order valence-electron chi connectivity index (χ3n) is 24.6. The van der Waals surface area contributed by atoms with Crippen LogP contribution in [0.4, 0.5) is 68.2 Å². The molecule has 0 aromatic heterocycles. The molecule has 4 nitrogen and oxygen atoms in total. The molecule has 0 saturated carbocycles. The van der Waals surface area contributed by atoms with Crippen molar-refractivity contribution >= 4 is 89.8 Å². The van der Waals surface area contributed by atoms with Crippen LogP contribution in [0.1, 0.15) is 25.0 Å². The standard InChI is InChI=1S/C119H86N4/c1-119(2)115-80-108(121(101-63-47-93(48-64-101)85-31-15-5-16-32-85)102-65-49-94(50-66-102)86-33-17-6-18-34-86)75-77-109(115)111-81-113-114(82-116(111)119)117(122(103-67-51-95(52-68-103)87-35-19-7-20-36-87)104-69-53-96(54-70-104)88-37-21-8-22-38-88)110-78-76-107(120(99-59-43-91(44-60-99)83-27-11-3-12-28-83)100-61-45-92(46-62-100)84-29-13-4-14-30-84)79-112(110)118(113)123(105-71-55-97(56-72-105)89-39-23-9-24-40-89)106-73-57-98(58-74-106)90-41-25-10-26-42-90/h3-82H,1-2H3. The number of benzene rings is 20. The van der Waals surface area contributed by atoms with E-state index in [2.05, 4.69) is 519 Å². The fraction of sp³-hybridized carbons (Fsp3) is 0.0252. The fourth-order valence-electron chi connectivity index (χ4n) is 18.3. The largest absolute Gasteiger partial charge is 0.310 e. The van der Waals surface area contributed by atoms with Crippen LogP contribution in [0.5, 0.6) is 0 Å². The van der Waals surface area contributed by atoms with Gasteiger partial charge in [0.2, 0.25) is 0 Å². The molecule has 123 heavy (non-hydrogen) atoms. The van der Waals surface area contributed by atoms with E-state index in [1.54, 1.807) is 0 Å². The van der Waals surface area contributed by atoms with Gasteiger partial charge in [-0.25, -0.2) is 0 Å². The number of rotatable bonds is 20. The molecule has 0 radical (unpaired) electrons. The molecule has 0 N–H and O–H groups in total. The van der Waals surface area contributed by atoms with Crippen molar-refractivity contribution in [2.45, 2.75) is 19.3 Å². The molecule has 20 aromatic rings. The lowest BCUT2D eigenvalue weighted by atomic mass is 9.81. The molecule has 0 saturated heterocycles. The summed E-state index contributed by atoms with van der Waals surface area (Å²) in [6.45, 7) is 4.89. The molecule has 0 fully saturated rings. The van der Waals surface area contributed by atoms with E-state index in [0.717, 1.165) is 168 Å². The number of fused-ring (bicyclic) bond motifs is 5. The normalized spacial score (nSPS) is 11.9. The van der Waals surface area contributed by atoms with Gasteiger partial charge in [0.25, 0.3) is 0 Å². The maximum Gasteiger partial charge on any atom is 0.0620 e. The lowest BCUT2D eigenvalue weighted by molar-refractivity contribution is 0.661. The lowest BCUT2D eigenvalue weighted by Crippen LogP contribution is -2.18. The molecule has 0 heterocycles. The van der Waals surface area contributed by atoms with E-state index >= 15 is 0 Å². The average Bonchev–Trinajstić information content (AvgIpc) is 1.61. The van der Waals surface area contributed by atoms with Gasteiger partial charge in [-0.2, -0.15) is 0 Å². The molecule has 0 amide bonds. The smallest absolute Gasteiger partial charge is 0.0620 e. The highest BCUT2D eigenvalue weighted by Gasteiger charge is 2.39. The van der Waals surface area contributed by atoms with E-state index in [-0.39, 0.29) is 0 Å². The zero-order chi connectivity index (χ0) is 82.2. The van der Waals surface area contributed by atoms with Crippen molar-refractivity contribution < 1.29 is 0 Å². The minimum absolute atomic E-state index is 0.530. The predicted octanol–water partition coefficient (Wildman–Crippen LogP) is 33.5. The zero-order valence-electron chi connectivity index (χ0n) is 68.5. The van der Waals surface area contributed by atoms with E-state index in [9.17, 15) is 0 Å². The molecular formula is C119H86N4. The topological polar surface area (TPSA) is 13.0 Å². The molecule has 20 aromatic carbocycles. The van der Waals surface area contributed by atoms with Gasteiger partial charge in [-0.05, 0) is 245 Å². The van der Waals surface area contributed by atoms with Gasteiger partial charge in [0.1, 0.15) is 0 Å². The third-order valence-corrected chi connectivity index (χ3v) is 24.6. The number of nitrogens with zero attached hydrogens (tertiary/aromatic N) is 4. The molecule has 1 aliphatic rings. The molecular weight excluding hydrogens is 1490 g/mol. The Kier molecular flexibility index (Phi) is 19.7. The van der Waals surface area contributed by atoms with Crippen LogP contribution in [0.15, 0.2) is 485 Å². The Labute approximate surface area is 720 Å². The second-order valence-electron chi connectivity index (χ2n) is 32.4. The summed E-state index contributed by atoms with van der Waals surface area (Å²) in [4.78, 5) is 10.00. The Bertz CT molecular complexity index is 6790. The highest BCUT2D eigenvalue weighted by molar-refractivity contribution is 6.25. The first kappa shape index (κ1) is 74.7. The summed E-state index contributed by atoms with van der Waals surface area (Å²) in [6, 6.07) is 179. The second-order valence-corrected chi connectivity index (χ2v) is 32.4. The molecule has 0 unspecified atom stereocenters. The highest BCUT2D eigenvalue weighted by Crippen LogP contribution is 2.59. The summed E-state index contributed by atoms with van der Waals surface area (Å²) in [7, 11) is 0. The van der Waals surface area contributed by atoms with Gasteiger partial charge in [0, 0.05) is 83.8 Å². The van der Waals surface area contributed by atoms with Crippen LogP contribution < -0.4 is 19.6 Å². The summed E-state index contributed by atoms with van der Waals surface area (Å²) >= 11 is 0. The average molecular weight is 1570 g/mol. The number of hydrogen-bond acceptors (Lipinski definition) is 4. The van der Waals surface area contributed by atoms with Crippen molar-refractivity contribution in [1.82, 2.24) is 0 Å². The van der Waals surface area contributed by atoms with Crippen LogP contribution in [0.25, 0.3) is 122 Å². The monoisotopic (exact) mass is 1570 g/mol. The van der Waals surface area contributed by atoms with Crippen LogP contribution in [-0.2, 0) is 5.41 Å². The molecule has 4 heteroatoms. The molecule has 0 aliphatic heterocycles. The predicted molar refractivity (Wildman–Crippen MR) is 521 cm³/mol. The molecule has 0 bridgehead atoms. The minimum Gasteiger partial charge on any atom is -0.310 e. The van der Waals surface area contributed by atoms with E-state index < -0.39 is 5.41 Å². The lowest BCUT2D eigenvalue weighted by Gasteiger charge is -2.34. The summed E-state index contributed by atoms with van der Waals surface area (Å²) in [6.07, 6.45) is 0. The first-order valence-electron chi connectivity index (χ1n) is 42.4. The van der Waals surface area contributed by atoms with Gasteiger partial charge in [-0.15, -0.1) is 0 Å². The van der Waals surface area contributed by atoms with Crippen molar-refractivity contribution in [3.05, 3.63) is 496 Å². The van der Waals surface area contributed by atoms with Crippen LogP contribution in [0.2, 0.25) is 0 Å². The first-order chi connectivity index (χ1) is 60.7. The van der Waals surface area contributed by atoms with Crippen LogP contribution in [0, 0.1) is 0 Å². The fourth-order valence-corrected chi connectivity index (χ4v) is 18.3. The summed E-state index contributed by atoms with van der Waals surface area (Å²) in [5, 5.41) is 4.29. The zero-order valence-corrected chi connectivity index (χ0v) is 68.5. The molecule has 1 aliphatic carbocycles. The quantitative estimate of drug-likeness (QED) is 0.0557. The van der Waals surface area contributed by atoms with Gasteiger partial charge < -0.3 is 19.6 Å². The maximum atomic E-state index is 2.59. The van der Waals surface area contributed by atoms with Gasteiger partial charge in [-0.3, -0.25) is 0 Å². The maximum absolute atomic E-state index is 2.59. The van der Waals surface area contributed by atoms with E-state index in [4.69, 9.17) is 0 Å². The van der Waals surface area contributed by atoms with Crippen molar-refractivity contribution in [3.8, 4) is 100 Å². The van der Waals surface area contributed by atoms with Crippen LogP contribution in [0.3, 0.4) is 0 Å². The van der Waals surface area contributed by atoms with E-state index in [0.29, 0.717) is 0 Å². The van der Waals surface area contributed by atoms with E-state index in [1.165, 1.54) is 33.4 Å². The van der Waals surface area contributed by atoms with Gasteiger partial charge >= 0.3 is 0 Å². The minimum atomic E-state index is -0.530. The van der Waals surface area contributed by atoms with Gasteiger partial charge in [-0.1, -0.05) is 366 Å². The Morgan fingerprint density at radius 3 is 0.585 bits per heavy atom. The summed E-state index contributed by atoms with van der Waals surface area (Å²) in [5.74, 6) is 0. The van der Waals surface area contributed by atoms with Gasteiger partial charge in [0.05, 0.1) is 11.4 Å². The van der Waals surface area contributed by atoms with E-state index in [1.807, 2.05) is 0 Å². The Hall–Kier alpha value is -15.9. The summed E-state index contributed by atoms with van der Waals surface area (Å²) in [5.41, 5.74) is 35.2. The SMILES string of the molecule is CC1(C)c2cc(N(c3ccc(-c4ccccc4)cc3)c3ccc(-c4ccccc4)cc3)ccc2-c2cc3c(N(c4ccc(-c5ccccc5)cc4)c4ccc(-c5ccccc5)cc4)c4cc(N(c5ccc(-c6ccccc6)cc5)c5ccc(-c6ccccc6)cc5)ccc4c(N(c4ccc(-c5ccccc5)cc4)c4ccc(-c5ccccc5)cc4)c3cc21.